The van der Waals surface area contributed by atoms with Crippen molar-refractivity contribution >= 4 is 17.7 Å². The van der Waals surface area contributed by atoms with Crippen LogP contribution in [-0.2, 0) is 14.9 Å². The van der Waals surface area contributed by atoms with Crippen LogP contribution in [0.3, 0.4) is 0 Å². The van der Waals surface area contributed by atoms with Gasteiger partial charge in [-0.2, -0.15) is 0 Å². The smallest absolute Gasteiger partial charge is 0.407 e. The van der Waals surface area contributed by atoms with Gasteiger partial charge in [0.15, 0.2) is 0 Å². The summed E-state index contributed by atoms with van der Waals surface area (Å²) in [6.45, 7) is 2.48. The lowest BCUT2D eigenvalue weighted by Crippen LogP contribution is -2.46. The highest BCUT2D eigenvalue weighted by atomic mass is 16.6. The van der Waals surface area contributed by atoms with Gasteiger partial charge < -0.3 is 15.0 Å². The van der Waals surface area contributed by atoms with Crippen molar-refractivity contribution in [2.24, 2.45) is 0 Å². The maximum absolute atomic E-state index is 13.4. The van der Waals surface area contributed by atoms with Gasteiger partial charge in [-0.15, -0.1) is 0 Å². The fourth-order valence-corrected chi connectivity index (χ4v) is 4.54. The zero-order valence-corrected chi connectivity index (χ0v) is 14.1. The second kappa shape index (κ2) is 5.80. The zero-order valence-electron chi connectivity index (χ0n) is 14.1. The van der Waals surface area contributed by atoms with E-state index in [1.54, 1.807) is 0 Å². The molecule has 2 fully saturated rings. The van der Waals surface area contributed by atoms with Gasteiger partial charge in [-0.1, -0.05) is 37.5 Å². The van der Waals surface area contributed by atoms with Crippen LogP contribution in [0.5, 0.6) is 0 Å². The van der Waals surface area contributed by atoms with E-state index >= 15 is 0 Å². The van der Waals surface area contributed by atoms with Crippen molar-refractivity contribution < 1.29 is 14.3 Å². The summed E-state index contributed by atoms with van der Waals surface area (Å²) < 4.78 is 5.31. The van der Waals surface area contributed by atoms with Crippen molar-refractivity contribution in [3.63, 3.8) is 0 Å². The van der Waals surface area contributed by atoms with Crippen LogP contribution in [0.1, 0.15) is 51.0 Å². The normalized spacial score (nSPS) is 30.2. The molecule has 0 aromatic heterocycles. The summed E-state index contributed by atoms with van der Waals surface area (Å²) in [7, 11) is 0. The van der Waals surface area contributed by atoms with Gasteiger partial charge in [0.05, 0.1) is 12.0 Å². The molecule has 2 unspecified atom stereocenters. The van der Waals surface area contributed by atoms with Crippen molar-refractivity contribution in [1.29, 1.82) is 0 Å². The van der Waals surface area contributed by atoms with Gasteiger partial charge in [-0.25, -0.2) is 4.79 Å². The van der Waals surface area contributed by atoms with Crippen LogP contribution in [0.25, 0.3) is 0 Å². The number of carbonyl (C=O) groups is 2. The number of benzene rings is 1. The number of hydrogen-bond acceptors (Lipinski definition) is 3. The molecule has 1 aromatic carbocycles. The average molecular weight is 328 g/mol. The van der Waals surface area contributed by atoms with E-state index in [0.29, 0.717) is 19.0 Å². The summed E-state index contributed by atoms with van der Waals surface area (Å²) in [5.74, 6) is 0.165. The lowest BCUT2D eigenvalue weighted by molar-refractivity contribution is -0.124. The topological polar surface area (TPSA) is 58.6 Å². The molecule has 2 amide bonds. The lowest BCUT2D eigenvalue weighted by Gasteiger charge is -2.33. The molecule has 2 atom stereocenters. The number of amides is 2. The summed E-state index contributed by atoms with van der Waals surface area (Å²) in [4.78, 5) is 26.8. The number of hydrogen-bond donors (Lipinski definition) is 1. The van der Waals surface area contributed by atoms with E-state index < -0.39 is 5.41 Å². The molecule has 1 saturated carbocycles. The highest BCUT2D eigenvalue weighted by Crippen LogP contribution is 2.47. The van der Waals surface area contributed by atoms with Crippen molar-refractivity contribution in [3.8, 4) is 0 Å². The standard InChI is InChI=1S/C19H24N2O3/c1-19(11-14-12-20-18(23)24-14)15-9-5-6-10-16(15)21(17(19)22)13-7-3-2-4-8-13/h5-6,9-10,13-14H,2-4,7-8,11-12H2,1H3,(H,20,23). The Morgan fingerprint density at radius 3 is 2.67 bits per heavy atom. The Balaban J connectivity index is 1.67. The first kappa shape index (κ1) is 15.5. The zero-order chi connectivity index (χ0) is 16.7. The maximum atomic E-state index is 13.4. The van der Waals surface area contributed by atoms with E-state index in [-0.39, 0.29) is 18.1 Å². The minimum absolute atomic E-state index is 0.165. The van der Waals surface area contributed by atoms with Crippen molar-refractivity contribution in [3.05, 3.63) is 29.8 Å². The number of cyclic esters (lactones) is 1. The van der Waals surface area contributed by atoms with Crippen LogP contribution in [0, 0.1) is 0 Å². The van der Waals surface area contributed by atoms with Crippen LogP contribution in [0.15, 0.2) is 24.3 Å². The summed E-state index contributed by atoms with van der Waals surface area (Å²) in [5, 5.41) is 2.69. The molecular formula is C19H24N2O3. The Labute approximate surface area is 142 Å². The molecule has 1 N–H and O–H groups in total. The van der Waals surface area contributed by atoms with E-state index in [4.69, 9.17) is 4.74 Å². The van der Waals surface area contributed by atoms with Crippen LogP contribution in [0.4, 0.5) is 10.5 Å². The first-order valence-corrected chi connectivity index (χ1v) is 8.97. The fourth-order valence-electron chi connectivity index (χ4n) is 4.54. The van der Waals surface area contributed by atoms with Crippen LogP contribution in [0.2, 0.25) is 0 Å². The van der Waals surface area contributed by atoms with Crippen LogP contribution in [-0.4, -0.2) is 30.7 Å². The van der Waals surface area contributed by atoms with Crippen molar-refractivity contribution in [2.45, 2.75) is 63.0 Å². The Hall–Kier alpha value is -2.04. The Bertz CT molecular complexity index is 668. The predicted octanol–water partition coefficient (Wildman–Crippen LogP) is 3.12. The third-order valence-electron chi connectivity index (χ3n) is 5.77. The minimum atomic E-state index is -0.620. The van der Waals surface area contributed by atoms with Gasteiger partial charge in [-0.3, -0.25) is 4.79 Å². The number of alkyl carbamates (subject to hydrolysis) is 1. The molecule has 4 rings (SSSR count). The number of rotatable bonds is 3. The molecule has 5 nitrogen and oxygen atoms in total. The third-order valence-corrected chi connectivity index (χ3v) is 5.77. The third kappa shape index (κ3) is 2.38. The first-order valence-electron chi connectivity index (χ1n) is 8.97. The SMILES string of the molecule is CC1(CC2CNC(=O)O2)C(=O)N(C2CCCCC2)c2ccccc21. The van der Waals surface area contributed by atoms with E-state index in [1.807, 2.05) is 24.0 Å². The molecule has 1 saturated heterocycles. The van der Waals surface area contributed by atoms with E-state index in [1.165, 1.54) is 19.3 Å². The molecule has 0 spiro atoms. The van der Waals surface area contributed by atoms with Gasteiger partial charge in [0.25, 0.3) is 0 Å². The highest BCUT2D eigenvalue weighted by Gasteiger charge is 2.51. The van der Waals surface area contributed by atoms with Crippen LogP contribution < -0.4 is 10.2 Å². The molecule has 0 bridgehead atoms. The molecule has 3 aliphatic rings. The lowest BCUT2D eigenvalue weighted by atomic mass is 9.78. The van der Waals surface area contributed by atoms with Gasteiger partial charge >= 0.3 is 6.09 Å². The van der Waals surface area contributed by atoms with Gasteiger partial charge in [0, 0.05) is 18.2 Å². The summed E-state index contributed by atoms with van der Waals surface area (Å²) in [5.41, 5.74) is 1.50. The molecule has 2 aliphatic heterocycles. The van der Waals surface area contributed by atoms with E-state index in [9.17, 15) is 9.59 Å². The van der Waals surface area contributed by atoms with E-state index in [2.05, 4.69) is 17.4 Å². The number of nitrogens with one attached hydrogen (secondary N) is 1. The fraction of sp³-hybridized carbons (Fsp3) is 0.579. The summed E-state index contributed by atoms with van der Waals surface area (Å²) in [6.07, 6.45) is 5.71. The molecular weight excluding hydrogens is 304 g/mol. The molecule has 24 heavy (non-hydrogen) atoms. The number of ether oxygens (including phenoxy) is 1. The van der Waals surface area contributed by atoms with Gasteiger partial charge in [0.1, 0.15) is 6.10 Å². The predicted molar refractivity (Wildman–Crippen MR) is 91.0 cm³/mol. The highest BCUT2D eigenvalue weighted by molar-refractivity contribution is 6.08. The average Bonchev–Trinajstić information content (AvgIpc) is 3.09. The van der Waals surface area contributed by atoms with E-state index in [0.717, 1.165) is 24.1 Å². The molecule has 1 aromatic rings. The largest absolute Gasteiger partial charge is 0.444 e. The number of carbonyl (C=O) groups excluding carboxylic acids is 2. The van der Waals surface area contributed by atoms with Crippen LogP contribution >= 0.6 is 0 Å². The Morgan fingerprint density at radius 2 is 1.96 bits per heavy atom. The van der Waals surface area contributed by atoms with Crippen molar-refractivity contribution in [2.75, 3.05) is 11.4 Å². The number of fused-ring (bicyclic) bond motifs is 1. The van der Waals surface area contributed by atoms with Crippen molar-refractivity contribution in [1.82, 2.24) is 5.32 Å². The Morgan fingerprint density at radius 1 is 1.21 bits per heavy atom. The molecule has 5 heteroatoms. The summed E-state index contributed by atoms with van der Waals surface area (Å²) >= 11 is 0. The molecule has 0 radical (unpaired) electrons. The minimum Gasteiger partial charge on any atom is -0.444 e. The van der Waals surface area contributed by atoms with Gasteiger partial charge in [0.2, 0.25) is 5.91 Å². The number of para-hydroxylation sites is 1. The monoisotopic (exact) mass is 328 g/mol. The molecule has 1 aliphatic carbocycles. The number of anilines is 1. The first-order chi connectivity index (χ1) is 11.6. The second-order valence-corrected chi connectivity index (χ2v) is 7.43. The quantitative estimate of drug-likeness (QED) is 0.927. The second-order valence-electron chi connectivity index (χ2n) is 7.43. The summed E-state index contributed by atoms with van der Waals surface area (Å²) in [6, 6.07) is 8.42. The maximum Gasteiger partial charge on any atom is 0.407 e. The molecule has 2 heterocycles. The Kier molecular flexibility index (Phi) is 3.74. The van der Waals surface area contributed by atoms with Gasteiger partial charge in [-0.05, 0) is 31.4 Å². The number of nitrogens with zero attached hydrogens (tertiary/aromatic N) is 1. The molecule has 128 valence electrons.